The third-order valence-electron chi connectivity index (χ3n) is 28.8. The van der Waals surface area contributed by atoms with Gasteiger partial charge in [-0.2, -0.15) is 18.4 Å². The van der Waals surface area contributed by atoms with Crippen molar-refractivity contribution in [1.82, 2.24) is 64.1 Å². The number of carboxylic acid groups (broad SMARTS) is 4. The van der Waals surface area contributed by atoms with E-state index in [1.54, 1.807) is 105 Å². The largest absolute Gasteiger partial charge is 0.480 e. The van der Waals surface area contributed by atoms with E-state index in [-0.39, 0.29) is 73.8 Å². The van der Waals surface area contributed by atoms with E-state index in [0.29, 0.717) is 115 Å². The van der Waals surface area contributed by atoms with E-state index in [9.17, 15) is 101 Å². The summed E-state index contributed by atoms with van der Waals surface area (Å²) in [5.41, 5.74) is 43.4. The minimum absolute atomic E-state index is 0.0527. The maximum absolute atomic E-state index is 13.2. The van der Waals surface area contributed by atoms with Gasteiger partial charge >= 0.3 is 60.2 Å². The van der Waals surface area contributed by atoms with Crippen molar-refractivity contribution in [2.75, 3.05) is 90.8 Å². The minimum Gasteiger partial charge on any atom is -0.480 e. The standard InChI is InChI=1S/C22H25N5O3.2C22H24N4O4.C21H19N5O3.C20H17F3N4O4/c23-18-12-14(8-9-25-18)11-17-19(20(24)28)27(21(17)29)22(30)26-10-4-7-16(13-26)15-5-2-1-3-6-15;2*23-18-12-14(8-9-24-18)11-17-19(21(28)29)26(20(17)27)22(30)25-10-4-7-16(13-25)15-5-2-1-3-6-15;1-12-16(9-13-4-6-24-18(23)10-13)19(20(27)28)26(12)21(29)25-7-5-15-8-14(11-22)2-3-17(15)25;21-20(22,23)12-1-2-14-11(9-12)4-6-26(14)19(31)27-16(18(29)30)13(17(27)28)7-10-3-5-25-15(24)8-10/h1-3,5-6,8-9,12,16-17,19H,4,7,10-11,13H2,(H2,23,25)(H2,24,28);2*1-3,5-6,8-9,12,16-17,19H,4,7,10-11,13H2,(H2,23,24)(H,28,29);2-4,6,8,10,16,19H,1,5,7,9H2,(H2,23,24)(H,27,28);1-3,5,8-9,13,16H,4,6-7H2,(H2,24,25)(H,29,30)/t2*16-,17+,19-;16-,17-,19+;16-,19-;13-,16+/m00101/s1. The molecule has 16 N–H and O–H groups in total. The van der Waals surface area contributed by atoms with Crippen molar-refractivity contribution in [2.45, 2.75) is 138 Å². The molecular weight excluding hydrogens is 1940 g/mol. The molecule has 8 fully saturated rings. The van der Waals surface area contributed by atoms with E-state index in [2.05, 4.69) is 49.7 Å². The molecule has 5 aromatic heterocycles. The number of aliphatic carboxylic acids is 4. The molecule has 150 heavy (non-hydrogen) atoms. The van der Waals surface area contributed by atoms with Crippen LogP contribution >= 0.6 is 0 Å². The van der Waals surface area contributed by atoms with Crippen molar-refractivity contribution in [3.63, 3.8) is 0 Å². The van der Waals surface area contributed by atoms with Crippen molar-refractivity contribution >= 4 is 124 Å². The number of likely N-dealkylation sites (tertiary alicyclic amines) is 8. The van der Waals surface area contributed by atoms with Crippen LogP contribution in [0.3, 0.4) is 0 Å². The first-order valence-corrected chi connectivity index (χ1v) is 48.7. The van der Waals surface area contributed by atoms with Gasteiger partial charge in [0.05, 0.1) is 40.9 Å². The van der Waals surface area contributed by atoms with Crippen LogP contribution in [-0.2, 0) is 94.3 Å². The number of hydrogen-bond donors (Lipinski definition) is 10. The molecule has 0 bridgehead atoms. The number of aromatic nitrogens is 5. The highest BCUT2D eigenvalue weighted by atomic mass is 19.4. The Kier molecular flexibility index (Phi) is 31.6. The van der Waals surface area contributed by atoms with E-state index in [4.69, 9.17) is 39.7 Å². The first-order chi connectivity index (χ1) is 71.8. The molecule has 0 unspecified atom stereocenters. The van der Waals surface area contributed by atoms with Crippen LogP contribution in [0.1, 0.15) is 123 Å². The monoisotopic (exact) mass is 2050 g/mol. The number of halogens is 3. The minimum atomic E-state index is -4.52. The number of benzene rings is 5. The van der Waals surface area contributed by atoms with Crippen LogP contribution < -0.4 is 44.2 Å². The van der Waals surface area contributed by atoms with Gasteiger partial charge in [0.1, 0.15) is 41.2 Å². The summed E-state index contributed by atoms with van der Waals surface area (Å²) >= 11 is 0. The quantitative estimate of drug-likeness (QED) is 0.0357. The van der Waals surface area contributed by atoms with Crippen LogP contribution in [0.2, 0.25) is 0 Å². The lowest BCUT2D eigenvalue weighted by Crippen LogP contribution is -2.70. The number of fused-ring (bicyclic) bond motifs is 2. The average molecular weight is 2050 g/mol. The highest BCUT2D eigenvalue weighted by Crippen LogP contribution is 2.45. The number of alkyl halides is 3. The van der Waals surface area contributed by atoms with Gasteiger partial charge in [0.2, 0.25) is 29.5 Å². The van der Waals surface area contributed by atoms with Gasteiger partial charge in [-0.15, -0.1) is 0 Å². The molecule has 43 heteroatoms. The molecular formula is C107H109F3N22O18. The number of nitrogens with zero attached hydrogens (tertiary/aromatic N) is 16. The molecule has 40 nitrogen and oxygen atoms in total. The maximum Gasteiger partial charge on any atom is 0.416 e. The van der Waals surface area contributed by atoms with Gasteiger partial charge in [0.15, 0.2) is 18.1 Å². The van der Waals surface area contributed by atoms with Gasteiger partial charge in [0.25, 0.3) is 0 Å². The number of carbonyl (C=O) groups is 14. The molecule has 776 valence electrons. The first kappa shape index (κ1) is 105. The zero-order valence-corrected chi connectivity index (χ0v) is 81.1. The summed E-state index contributed by atoms with van der Waals surface area (Å²) in [6.07, 6.45) is 10.4. The summed E-state index contributed by atoms with van der Waals surface area (Å²) in [6.45, 7) is 7.53. The fraction of sp³-hybridized carbons (Fsp3) is 0.327. The highest BCUT2D eigenvalue weighted by Gasteiger charge is 2.61. The number of carboxylic acids is 4. The number of imide groups is 4. The summed E-state index contributed by atoms with van der Waals surface area (Å²) in [5, 5.41) is 47.8. The van der Waals surface area contributed by atoms with Crippen LogP contribution in [0.25, 0.3) is 0 Å². The molecule has 0 radical (unpaired) electrons. The molecule has 10 aliphatic heterocycles. The van der Waals surface area contributed by atoms with Gasteiger partial charge in [-0.05, 0) is 236 Å². The maximum atomic E-state index is 13.2. The van der Waals surface area contributed by atoms with Crippen LogP contribution in [0.5, 0.6) is 0 Å². The number of amides is 15. The van der Waals surface area contributed by atoms with Crippen molar-refractivity contribution in [3.05, 3.63) is 298 Å². The smallest absolute Gasteiger partial charge is 0.416 e. The fourth-order valence-electron chi connectivity index (χ4n) is 21.4. The molecule has 8 saturated heterocycles. The number of β-lactam (4-membered cyclic amide) rings is 4. The number of rotatable bonds is 18. The molecule has 15 amide bonds. The molecule has 15 heterocycles. The van der Waals surface area contributed by atoms with Gasteiger partial charge in [-0.1, -0.05) is 97.6 Å². The Balaban J connectivity index is 0.000000133. The lowest BCUT2D eigenvalue weighted by molar-refractivity contribution is -0.166. The lowest BCUT2D eigenvalue weighted by atomic mass is 9.80. The number of anilines is 7. The molecule has 0 spiro atoms. The number of pyridine rings is 5. The zero-order valence-electron chi connectivity index (χ0n) is 81.1. The van der Waals surface area contributed by atoms with Crippen molar-refractivity contribution in [2.24, 2.45) is 35.3 Å². The van der Waals surface area contributed by atoms with Crippen LogP contribution in [0.4, 0.5) is 77.6 Å². The van der Waals surface area contributed by atoms with Gasteiger partial charge in [0, 0.05) is 124 Å². The normalized spacial score (nSPS) is 22.3. The fourth-order valence-corrected chi connectivity index (χ4v) is 21.4. The molecule has 10 aliphatic rings. The van der Waals surface area contributed by atoms with E-state index in [1.165, 1.54) is 41.2 Å². The topological polar surface area (TPSA) is 597 Å². The molecule has 10 aromatic rings. The average Bonchev–Trinajstić information content (AvgIpc) is 1.67. The summed E-state index contributed by atoms with van der Waals surface area (Å²) < 4.78 is 38.8. The Morgan fingerprint density at radius 2 is 0.653 bits per heavy atom. The van der Waals surface area contributed by atoms with Crippen molar-refractivity contribution in [1.29, 1.82) is 5.26 Å². The molecule has 13 atom stereocenters. The number of nitrogens with two attached hydrogens (primary N) is 6. The molecule has 5 aromatic carbocycles. The van der Waals surface area contributed by atoms with Gasteiger partial charge < -0.3 is 69.5 Å². The predicted molar refractivity (Wildman–Crippen MR) is 538 cm³/mol. The zero-order chi connectivity index (χ0) is 107. The summed E-state index contributed by atoms with van der Waals surface area (Å²) in [7, 11) is 0. The number of carbonyl (C=O) groups excluding carboxylic acids is 10. The number of nitriles is 1. The Morgan fingerprint density at radius 1 is 0.367 bits per heavy atom. The number of nitrogen functional groups attached to an aromatic ring is 5. The van der Waals surface area contributed by atoms with Crippen LogP contribution in [-0.4, -0.2) is 251 Å². The van der Waals surface area contributed by atoms with E-state index >= 15 is 0 Å². The number of piperidine rings is 3. The molecule has 0 aliphatic carbocycles. The first-order valence-electron chi connectivity index (χ1n) is 48.7. The van der Waals surface area contributed by atoms with Crippen LogP contribution in [0, 0.1) is 40.9 Å². The molecule has 0 saturated carbocycles. The number of urea groups is 5. The summed E-state index contributed by atoms with van der Waals surface area (Å²) in [5.74, 6) is -8.89. The number of primary amides is 1. The SMILES string of the molecule is C=C1[C@H](Cc2ccnc(N)c2)[C@@H](C(=O)O)N1C(=O)N1CCc2cc(C#N)ccc21.NC(=O)[C@@H]1[C@@H](Cc2ccnc(N)c2)C(=O)N1C(=O)N1CCC[C@H](c2ccccc2)C1.Nc1cc(C[C@H]2C(=O)N(C(=O)N3CCC[C@@H](c4ccccc4)C3)[C@@H]2C(=O)O)ccn1.Nc1cc(C[C@H]2C(=O)N(C(=O)N3CCC[C@H](c4ccccc4)C3)[C@@H]2C(=O)O)ccn1.Nc1cc(C[C@H]2C(=O)N(C(=O)N3CCc4cc(C(F)(F)F)ccc43)[C@@H]2C(=O)O)ccn1. The Hall–Kier alpha value is -17.8. The second-order valence-electron chi connectivity index (χ2n) is 38.3. The van der Waals surface area contributed by atoms with Crippen molar-refractivity contribution in [3.8, 4) is 6.07 Å². The predicted octanol–water partition coefficient (Wildman–Crippen LogP) is 10.2. The lowest BCUT2D eigenvalue weighted by Gasteiger charge is -2.48. The third-order valence-corrected chi connectivity index (χ3v) is 28.8. The van der Waals surface area contributed by atoms with E-state index in [1.807, 2.05) is 78.9 Å². The second-order valence-corrected chi connectivity index (χ2v) is 38.3. The third kappa shape index (κ3) is 22.6. The Bertz CT molecular complexity index is 6580. The highest BCUT2D eigenvalue weighted by molar-refractivity contribution is 6.13. The Labute approximate surface area is 857 Å². The summed E-state index contributed by atoms with van der Waals surface area (Å²) in [4.78, 5) is 208. The van der Waals surface area contributed by atoms with Gasteiger partial charge in [-0.3, -0.25) is 43.6 Å². The Morgan fingerprint density at radius 3 is 0.960 bits per heavy atom. The van der Waals surface area contributed by atoms with E-state index in [0.717, 1.165) is 109 Å². The van der Waals surface area contributed by atoms with E-state index < -0.39 is 149 Å². The van der Waals surface area contributed by atoms with Gasteiger partial charge in [-0.25, -0.2) is 82.8 Å². The number of hydrogen-bond acceptors (Lipinski definition) is 25. The van der Waals surface area contributed by atoms with Crippen molar-refractivity contribution < 1.29 is 101 Å². The second kappa shape index (κ2) is 45.1. The molecule has 20 rings (SSSR count). The summed E-state index contributed by atoms with van der Waals surface area (Å²) in [6, 6.07) is 48.3. The van der Waals surface area contributed by atoms with Crippen LogP contribution in [0.15, 0.2) is 231 Å².